The van der Waals surface area contributed by atoms with Gasteiger partial charge in [0.05, 0.1) is 5.56 Å². The lowest BCUT2D eigenvalue weighted by molar-refractivity contribution is 0.102. The van der Waals surface area contributed by atoms with E-state index in [0.29, 0.717) is 32.8 Å². The number of carbonyl (C=O) groups is 1. The van der Waals surface area contributed by atoms with E-state index < -0.39 is 0 Å². The lowest BCUT2D eigenvalue weighted by atomic mass is 10.1. The van der Waals surface area contributed by atoms with Crippen LogP contribution in [0.15, 0.2) is 49.1 Å². The number of fused-ring (bicyclic) bond motifs is 1. The molecule has 9 heteroatoms. The van der Waals surface area contributed by atoms with E-state index in [1.54, 1.807) is 47.4 Å². The quantitative estimate of drug-likeness (QED) is 0.550. The topological polar surface area (TPSA) is 72.2 Å². The molecule has 0 aliphatic carbocycles. The minimum Gasteiger partial charge on any atom is -0.298 e. The summed E-state index contributed by atoms with van der Waals surface area (Å²) in [4.78, 5) is 17.6. The highest BCUT2D eigenvalue weighted by atomic mass is 35.5. The summed E-state index contributed by atoms with van der Waals surface area (Å²) in [5, 5.41) is 12.3. The summed E-state index contributed by atoms with van der Waals surface area (Å²) in [5.41, 5.74) is 2.09. The highest BCUT2D eigenvalue weighted by Gasteiger charge is 2.11. The van der Waals surface area contributed by atoms with E-state index in [9.17, 15) is 4.79 Å². The third-order valence-electron chi connectivity index (χ3n) is 3.70. The van der Waals surface area contributed by atoms with Crippen molar-refractivity contribution in [3.05, 3.63) is 75.1 Å². The van der Waals surface area contributed by atoms with Gasteiger partial charge in [0.1, 0.15) is 6.33 Å². The number of pyridine rings is 1. The predicted octanol–water partition coefficient (Wildman–Crippen LogP) is 4.34. The summed E-state index contributed by atoms with van der Waals surface area (Å²) >= 11 is 13.6. The molecule has 4 rings (SSSR count). The Morgan fingerprint density at radius 3 is 3.00 bits per heavy atom. The third-order valence-corrected chi connectivity index (χ3v) is 5.22. The fourth-order valence-electron chi connectivity index (χ4n) is 2.44. The molecule has 1 aromatic carbocycles. The molecule has 0 aliphatic heterocycles. The van der Waals surface area contributed by atoms with Gasteiger partial charge in [-0.15, -0.1) is 21.5 Å². The number of benzene rings is 1. The van der Waals surface area contributed by atoms with Gasteiger partial charge in [0.25, 0.3) is 5.91 Å². The number of hydrogen-bond acceptors (Lipinski definition) is 5. The van der Waals surface area contributed by atoms with Gasteiger partial charge in [0.2, 0.25) is 0 Å². The number of anilines is 1. The molecule has 0 spiro atoms. The van der Waals surface area contributed by atoms with Crippen LogP contribution in [0.2, 0.25) is 10.0 Å². The van der Waals surface area contributed by atoms with Crippen LogP contribution in [0.1, 0.15) is 20.8 Å². The molecule has 0 radical (unpaired) electrons. The Morgan fingerprint density at radius 2 is 2.12 bits per heavy atom. The first-order valence-electron chi connectivity index (χ1n) is 7.58. The van der Waals surface area contributed by atoms with E-state index in [-0.39, 0.29) is 5.91 Å². The van der Waals surface area contributed by atoms with E-state index in [1.807, 2.05) is 6.07 Å². The Morgan fingerprint density at radius 1 is 1.23 bits per heavy atom. The number of nitrogens with one attached hydrogen (secondary N) is 1. The van der Waals surface area contributed by atoms with Gasteiger partial charge in [0, 0.05) is 33.7 Å². The molecule has 0 atom stereocenters. The van der Waals surface area contributed by atoms with Crippen LogP contribution in [-0.2, 0) is 6.42 Å². The molecule has 0 unspecified atom stereocenters. The molecule has 1 N–H and O–H groups in total. The zero-order valence-corrected chi connectivity index (χ0v) is 15.5. The smallest absolute Gasteiger partial charge is 0.258 e. The van der Waals surface area contributed by atoms with Crippen molar-refractivity contribution < 1.29 is 4.79 Å². The summed E-state index contributed by atoms with van der Waals surface area (Å²) in [7, 11) is 0. The lowest BCUT2D eigenvalue weighted by Crippen LogP contribution is -2.12. The Hall–Kier alpha value is -2.48. The number of aromatic nitrogens is 4. The van der Waals surface area contributed by atoms with E-state index in [1.165, 1.54) is 11.3 Å². The average molecular weight is 404 g/mol. The molecule has 0 saturated carbocycles. The molecule has 0 saturated heterocycles. The summed E-state index contributed by atoms with van der Waals surface area (Å²) in [6.45, 7) is 0. The van der Waals surface area contributed by atoms with E-state index >= 15 is 0 Å². The maximum atomic E-state index is 12.4. The van der Waals surface area contributed by atoms with E-state index in [0.717, 1.165) is 10.4 Å². The molecule has 0 aliphatic rings. The van der Waals surface area contributed by atoms with Crippen LogP contribution in [0.25, 0.3) is 5.65 Å². The first-order chi connectivity index (χ1) is 12.6. The number of nitrogens with zero attached hydrogens (tertiary/aromatic N) is 4. The number of amides is 1. The monoisotopic (exact) mass is 403 g/mol. The van der Waals surface area contributed by atoms with Crippen molar-refractivity contribution in [3.63, 3.8) is 0 Å². The second-order valence-corrected chi connectivity index (χ2v) is 7.47. The van der Waals surface area contributed by atoms with E-state index in [2.05, 4.69) is 20.5 Å². The van der Waals surface area contributed by atoms with Gasteiger partial charge in [-0.3, -0.25) is 14.5 Å². The molecule has 6 nitrogen and oxygen atoms in total. The molecule has 3 heterocycles. The second-order valence-electron chi connectivity index (χ2n) is 5.51. The number of thiazole rings is 1. The van der Waals surface area contributed by atoms with Crippen LogP contribution in [0.5, 0.6) is 0 Å². The van der Waals surface area contributed by atoms with Gasteiger partial charge < -0.3 is 0 Å². The van der Waals surface area contributed by atoms with Gasteiger partial charge >= 0.3 is 0 Å². The van der Waals surface area contributed by atoms with Gasteiger partial charge in [-0.05, 0) is 35.9 Å². The molecule has 0 bridgehead atoms. The average Bonchev–Trinajstić information content (AvgIpc) is 3.26. The largest absolute Gasteiger partial charge is 0.298 e. The van der Waals surface area contributed by atoms with Crippen molar-refractivity contribution in [1.29, 1.82) is 0 Å². The van der Waals surface area contributed by atoms with Gasteiger partial charge in [-0.1, -0.05) is 23.2 Å². The van der Waals surface area contributed by atoms with Crippen molar-refractivity contribution in [1.82, 2.24) is 19.6 Å². The van der Waals surface area contributed by atoms with Crippen molar-refractivity contribution in [3.8, 4) is 0 Å². The third kappa shape index (κ3) is 3.55. The Kier molecular flexibility index (Phi) is 4.58. The van der Waals surface area contributed by atoms with Crippen LogP contribution in [0.4, 0.5) is 5.13 Å². The van der Waals surface area contributed by atoms with Gasteiger partial charge in [-0.2, -0.15) is 0 Å². The highest BCUT2D eigenvalue weighted by molar-refractivity contribution is 7.15. The first-order valence-corrected chi connectivity index (χ1v) is 9.15. The van der Waals surface area contributed by atoms with Crippen molar-refractivity contribution in [2.75, 3.05) is 5.32 Å². The summed E-state index contributed by atoms with van der Waals surface area (Å²) in [6, 6.07) is 8.77. The van der Waals surface area contributed by atoms with Crippen LogP contribution >= 0.6 is 34.5 Å². The fraction of sp³-hybridized carbons (Fsp3) is 0.0588. The highest BCUT2D eigenvalue weighted by Crippen LogP contribution is 2.27. The van der Waals surface area contributed by atoms with Gasteiger partial charge in [-0.25, -0.2) is 4.98 Å². The first kappa shape index (κ1) is 17.0. The molecular formula is C17H11Cl2N5OS. The van der Waals surface area contributed by atoms with Crippen LogP contribution in [0, 0.1) is 0 Å². The van der Waals surface area contributed by atoms with Crippen LogP contribution in [0.3, 0.4) is 0 Å². The Labute approximate surface area is 162 Å². The SMILES string of the molecule is O=C(Nc1ncc(Cc2cc(Cl)ccc2Cl)s1)c1ccc2nncn2c1. The minimum atomic E-state index is -0.248. The standard InChI is InChI=1S/C17H11Cl2N5OS/c18-12-2-3-14(19)11(5-12)6-13-7-20-17(26-13)22-16(25)10-1-4-15-23-21-9-24(15)8-10/h1-5,7-9H,6H2,(H,20,22,25). The van der Waals surface area contributed by atoms with Crippen molar-refractivity contribution in [2.24, 2.45) is 0 Å². The van der Waals surface area contributed by atoms with Gasteiger partial charge in [0.15, 0.2) is 10.8 Å². The maximum Gasteiger partial charge on any atom is 0.258 e. The minimum absolute atomic E-state index is 0.248. The normalized spacial score (nSPS) is 11.0. The Balaban J connectivity index is 1.49. The predicted molar refractivity (Wildman–Crippen MR) is 102 cm³/mol. The number of halogens is 2. The molecule has 4 aromatic rings. The van der Waals surface area contributed by atoms with E-state index in [4.69, 9.17) is 23.2 Å². The summed E-state index contributed by atoms with van der Waals surface area (Å²) in [5.74, 6) is -0.248. The molecular weight excluding hydrogens is 393 g/mol. The molecule has 130 valence electrons. The number of rotatable bonds is 4. The summed E-state index contributed by atoms with van der Waals surface area (Å²) in [6.07, 6.45) is 5.54. The van der Waals surface area contributed by atoms with Crippen molar-refractivity contribution >= 4 is 51.2 Å². The maximum absolute atomic E-state index is 12.4. The lowest BCUT2D eigenvalue weighted by Gasteiger charge is -2.03. The fourth-order valence-corrected chi connectivity index (χ4v) is 3.65. The van der Waals surface area contributed by atoms with Crippen LogP contribution < -0.4 is 5.32 Å². The molecule has 26 heavy (non-hydrogen) atoms. The van der Waals surface area contributed by atoms with Crippen molar-refractivity contribution in [2.45, 2.75) is 6.42 Å². The zero-order valence-electron chi connectivity index (χ0n) is 13.2. The Bertz CT molecular complexity index is 1110. The zero-order chi connectivity index (χ0) is 18.1. The molecule has 1 amide bonds. The number of carbonyl (C=O) groups excluding carboxylic acids is 1. The summed E-state index contributed by atoms with van der Waals surface area (Å²) < 4.78 is 1.68. The number of hydrogen-bond donors (Lipinski definition) is 1. The molecule has 0 fully saturated rings. The molecule has 3 aromatic heterocycles. The second kappa shape index (κ2) is 7.03. The van der Waals surface area contributed by atoms with Crippen LogP contribution in [-0.4, -0.2) is 25.5 Å².